The van der Waals surface area contributed by atoms with Gasteiger partial charge in [-0.25, -0.2) is 9.97 Å². The maximum Gasteiger partial charge on any atom is 0.219 e. The van der Waals surface area contributed by atoms with Crippen molar-refractivity contribution in [2.75, 3.05) is 12.3 Å². The van der Waals surface area contributed by atoms with Crippen molar-refractivity contribution in [3.05, 3.63) is 38.8 Å². The lowest BCUT2D eigenvalue weighted by molar-refractivity contribution is -0.0954. The van der Waals surface area contributed by atoms with Crippen LogP contribution < -0.4 is 11.1 Å². The number of hydrogen-bond donors (Lipinski definition) is 2. The van der Waals surface area contributed by atoms with Gasteiger partial charge in [-0.3, -0.25) is 0 Å². The summed E-state index contributed by atoms with van der Waals surface area (Å²) >= 11 is 7.93. The number of thiophene rings is 1. The Labute approximate surface area is 144 Å². The van der Waals surface area contributed by atoms with Crippen LogP contribution in [0.2, 0.25) is 4.34 Å². The van der Waals surface area contributed by atoms with Gasteiger partial charge < -0.3 is 15.8 Å². The molecule has 1 fully saturated rings. The first-order valence-corrected chi connectivity index (χ1v) is 9.01. The summed E-state index contributed by atoms with van der Waals surface area (Å²) in [5, 5.41) is 3.63. The summed E-state index contributed by atoms with van der Waals surface area (Å²) < 4.78 is 7.18. The molecule has 4 rings (SSSR count). The van der Waals surface area contributed by atoms with E-state index in [2.05, 4.69) is 28.3 Å². The van der Waals surface area contributed by atoms with E-state index < -0.39 is 0 Å². The van der Waals surface area contributed by atoms with Crippen molar-refractivity contribution in [1.82, 2.24) is 15.3 Å². The molecule has 0 aromatic carbocycles. The molecule has 3 atom stereocenters. The SMILES string of the molecule is C[C@H]1C[C@@]2(C[C@@H](c3cnc(N)nc3)N1)OCCc1cc(Cl)sc12. The minimum Gasteiger partial charge on any atom is -0.369 e. The van der Waals surface area contributed by atoms with Crippen molar-refractivity contribution in [2.24, 2.45) is 0 Å². The number of fused-ring (bicyclic) bond motifs is 2. The number of hydrogen-bond acceptors (Lipinski definition) is 6. The van der Waals surface area contributed by atoms with Gasteiger partial charge in [0.25, 0.3) is 0 Å². The highest BCUT2D eigenvalue weighted by molar-refractivity contribution is 7.16. The van der Waals surface area contributed by atoms with Gasteiger partial charge in [0.2, 0.25) is 5.95 Å². The third kappa shape index (κ3) is 2.74. The molecular weight excluding hydrogens is 332 g/mol. The van der Waals surface area contributed by atoms with Crippen molar-refractivity contribution in [1.29, 1.82) is 0 Å². The predicted octanol–water partition coefficient (Wildman–Crippen LogP) is 3.05. The van der Waals surface area contributed by atoms with E-state index >= 15 is 0 Å². The first-order chi connectivity index (χ1) is 11.1. The Bertz CT molecular complexity index is 719. The molecule has 1 spiro atoms. The second-order valence-electron chi connectivity index (χ2n) is 6.40. The van der Waals surface area contributed by atoms with E-state index in [1.807, 2.05) is 0 Å². The highest BCUT2D eigenvalue weighted by atomic mass is 35.5. The lowest BCUT2D eigenvalue weighted by Gasteiger charge is -2.46. The number of rotatable bonds is 1. The van der Waals surface area contributed by atoms with Gasteiger partial charge in [-0.15, -0.1) is 11.3 Å². The Morgan fingerprint density at radius 2 is 2.17 bits per heavy atom. The molecule has 2 aromatic rings. The normalized spacial score (nSPS) is 30.3. The van der Waals surface area contributed by atoms with Crippen LogP contribution in [0, 0.1) is 0 Å². The molecule has 2 aliphatic heterocycles. The van der Waals surface area contributed by atoms with Gasteiger partial charge in [0, 0.05) is 41.3 Å². The second kappa shape index (κ2) is 5.70. The summed E-state index contributed by atoms with van der Waals surface area (Å²) in [7, 11) is 0. The van der Waals surface area contributed by atoms with Crippen LogP contribution in [0.3, 0.4) is 0 Å². The summed E-state index contributed by atoms with van der Waals surface area (Å²) in [6, 6.07) is 2.57. The molecule has 2 aliphatic rings. The fraction of sp³-hybridized carbons (Fsp3) is 0.500. The van der Waals surface area contributed by atoms with Crippen LogP contribution in [0.25, 0.3) is 0 Å². The zero-order valence-electron chi connectivity index (χ0n) is 12.9. The molecule has 2 aromatic heterocycles. The van der Waals surface area contributed by atoms with Crippen LogP contribution >= 0.6 is 22.9 Å². The van der Waals surface area contributed by atoms with E-state index in [4.69, 9.17) is 22.1 Å². The zero-order valence-corrected chi connectivity index (χ0v) is 14.5. The molecule has 7 heteroatoms. The molecule has 5 nitrogen and oxygen atoms in total. The Kier molecular flexibility index (Phi) is 3.80. The number of nitrogens with two attached hydrogens (primary N) is 1. The fourth-order valence-electron chi connectivity index (χ4n) is 3.80. The number of piperidine rings is 1. The number of nitrogens with zero attached hydrogens (tertiary/aromatic N) is 2. The van der Waals surface area contributed by atoms with E-state index in [0.29, 0.717) is 12.0 Å². The first-order valence-electron chi connectivity index (χ1n) is 7.82. The Balaban J connectivity index is 1.71. The molecule has 122 valence electrons. The lowest BCUT2D eigenvalue weighted by atomic mass is 9.78. The monoisotopic (exact) mass is 350 g/mol. The van der Waals surface area contributed by atoms with E-state index in [0.717, 1.165) is 35.8 Å². The van der Waals surface area contributed by atoms with E-state index in [9.17, 15) is 0 Å². The van der Waals surface area contributed by atoms with Gasteiger partial charge in [-0.2, -0.15) is 0 Å². The highest BCUT2D eigenvalue weighted by Gasteiger charge is 2.46. The fourth-order valence-corrected chi connectivity index (χ4v) is 5.27. The van der Waals surface area contributed by atoms with Crippen LogP contribution in [0.15, 0.2) is 18.5 Å². The van der Waals surface area contributed by atoms with Gasteiger partial charge in [-0.1, -0.05) is 11.6 Å². The quantitative estimate of drug-likeness (QED) is 0.827. The molecule has 0 unspecified atom stereocenters. The standard InChI is InChI=1S/C16H19ClN4OS/c1-9-5-16(14-10(2-3-22-16)4-13(17)23-14)6-12(21-9)11-7-19-15(18)20-8-11/h4,7-9,12,21H,2-3,5-6H2,1H3,(H2,18,19,20)/t9-,12-,16-/m0/s1. The topological polar surface area (TPSA) is 73.1 Å². The predicted molar refractivity (Wildman–Crippen MR) is 91.7 cm³/mol. The van der Waals surface area contributed by atoms with Gasteiger partial charge in [0.05, 0.1) is 10.9 Å². The molecule has 3 N–H and O–H groups in total. The number of anilines is 1. The van der Waals surface area contributed by atoms with E-state index in [1.165, 1.54) is 10.4 Å². The number of ether oxygens (including phenoxy) is 1. The van der Waals surface area contributed by atoms with Crippen molar-refractivity contribution in [2.45, 2.75) is 43.9 Å². The first kappa shape index (κ1) is 15.3. The molecule has 0 amide bonds. The van der Waals surface area contributed by atoms with Crippen LogP contribution in [0.5, 0.6) is 0 Å². The minimum atomic E-state index is -0.262. The lowest BCUT2D eigenvalue weighted by Crippen LogP contribution is -2.49. The van der Waals surface area contributed by atoms with Crippen LogP contribution in [-0.4, -0.2) is 22.6 Å². The van der Waals surface area contributed by atoms with Crippen molar-refractivity contribution >= 4 is 28.9 Å². The average molecular weight is 351 g/mol. The summed E-state index contributed by atoms with van der Waals surface area (Å²) in [4.78, 5) is 9.55. The molecule has 0 bridgehead atoms. The maximum absolute atomic E-state index is 6.34. The van der Waals surface area contributed by atoms with Crippen molar-refractivity contribution in [3.63, 3.8) is 0 Å². The van der Waals surface area contributed by atoms with Gasteiger partial charge in [0.1, 0.15) is 5.60 Å². The third-order valence-electron chi connectivity index (χ3n) is 4.69. The minimum absolute atomic E-state index is 0.145. The average Bonchev–Trinajstić information content (AvgIpc) is 2.90. The Morgan fingerprint density at radius 1 is 1.39 bits per heavy atom. The Hall–Kier alpha value is -1.21. The molecular formula is C16H19ClN4OS. The number of halogens is 1. The summed E-state index contributed by atoms with van der Waals surface area (Å²) in [5.41, 5.74) is 7.73. The summed E-state index contributed by atoms with van der Waals surface area (Å²) in [6.07, 6.45) is 6.35. The molecule has 4 heterocycles. The number of nitrogen functional groups attached to an aromatic ring is 1. The van der Waals surface area contributed by atoms with Crippen molar-refractivity contribution in [3.8, 4) is 0 Å². The van der Waals surface area contributed by atoms with Crippen LogP contribution in [-0.2, 0) is 16.8 Å². The van der Waals surface area contributed by atoms with Gasteiger partial charge in [-0.05, 0) is 31.4 Å². The van der Waals surface area contributed by atoms with Crippen LogP contribution in [0.1, 0.15) is 41.8 Å². The Morgan fingerprint density at radius 3 is 2.96 bits per heavy atom. The second-order valence-corrected chi connectivity index (χ2v) is 8.08. The summed E-state index contributed by atoms with van der Waals surface area (Å²) in [5.74, 6) is 0.300. The molecule has 1 saturated heterocycles. The molecule has 0 saturated carbocycles. The number of nitrogens with one attached hydrogen (secondary N) is 1. The van der Waals surface area contributed by atoms with Gasteiger partial charge in [0.15, 0.2) is 0 Å². The zero-order chi connectivity index (χ0) is 16.0. The molecule has 23 heavy (non-hydrogen) atoms. The van der Waals surface area contributed by atoms with E-state index in [1.54, 1.807) is 23.7 Å². The number of aromatic nitrogens is 2. The smallest absolute Gasteiger partial charge is 0.219 e. The van der Waals surface area contributed by atoms with Crippen LogP contribution in [0.4, 0.5) is 5.95 Å². The summed E-state index contributed by atoms with van der Waals surface area (Å²) in [6.45, 7) is 2.94. The maximum atomic E-state index is 6.34. The van der Waals surface area contributed by atoms with Crippen molar-refractivity contribution < 1.29 is 4.74 Å². The highest BCUT2D eigenvalue weighted by Crippen LogP contribution is 2.49. The van der Waals surface area contributed by atoms with Gasteiger partial charge >= 0.3 is 0 Å². The largest absolute Gasteiger partial charge is 0.369 e. The molecule has 0 aliphatic carbocycles. The third-order valence-corrected chi connectivity index (χ3v) is 6.18. The molecule has 0 radical (unpaired) electrons. The van der Waals surface area contributed by atoms with E-state index in [-0.39, 0.29) is 11.6 Å².